The lowest BCUT2D eigenvalue weighted by atomic mass is 9.79. The zero-order chi connectivity index (χ0) is 17.2. The van der Waals surface area contributed by atoms with Gasteiger partial charge in [-0.05, 0) is 80.4 Å². The molecule has 2 rings (SSSR count). The first-order chi connectivity index (χ1) is 11.7. The first-order valence-corrected chi connectivity index (χ1v) is 9.56. The summed E-state index contributed by atoms with van der Waals surface area (Å²) in [4.78, 5) is 0. The molecule has 130 valence electrons. The van der Waals surface area contributed by atoms with Gasteiger partial charge in [-0.3, -0.25) is 0 Å². The lowest BCUT2D eigenvalue weighted by Gasteiger charge is -2.26. The number of nitrogens with zero attached hydrogens (tertiary/aromatic N) is 1. The van der Waals surface area contributed by atoms with Crippen molar-refractivity contribution in [3.05, 3.63) is 47.3 Å². The number of rotatable bonds is 8. The van der Waals surface area contributed by atoms with Crippen LogP contribution in [0.5, 0.6) is 0 Å². The fourth-order valence-electron chi connectivity index (χ4n) is 3.71. The summed E-state index contributed by atoms with van der Waals surface area (Å²) in [6, 6.07) is 10.7. The summed E-state index contributed by atoms with van der Waals surface area (Å²) in [5, 5.41) is 8.51. The zero-order valence-corrected chi connectivity index (χ0v) is 14.9. The molecule has 1 aromatic rings. The van der Waals surface area contributed by atoms with E-state index in [1.54, 1.807) is 6.07 Å². The van der Waals surface area contributed by atoms with Crippen LogP contribution in [0.15, 0.2) is 36.2 Å². The van der Waals surface area contributed by atoms with Gasteiger partial charge in [0.05, 0.1) is 0 Å². The maximum absolute atomic E-state index is 13.0. The maximum Gasteiger partial charge on any atom is 0.196 e. The third kappa shape index (κ3) is 6.48. The molecule has 0 radical (unpaired) electrons. The van der Waals surface area contributed by atoms with E-state index in [1.807, 2.05) is 0 Å². The van der Waals surface area contributed by atoms with E-state index in [1.165, 1.54) is 49.3 Å². The summed E-state index contributed by atoms with van der Waals surface area (Å²) >= 11 is 0. The molecule has 0 amide bonds. The van der Waals surface area contributed by atoms with Gasteiger partial charge in [0.25, 0.3) is 0 Å². The molecule has 0 spiro atoms. The van der Waals surface area contributed by atoms with Crippen LogP contribution in [0.4, 0.5) is 4.39 Å². The molecule has 1 nitrogen and oxygen atoms in total. The Hall–Kier alpha value is -1.62. The average molecular weight is 327 g/mol. The van der Waals surface area contributed by atoms with Crippen LogP contribution in [0.25, 0.3) is 0 Å². The highest BCUT2D eigenvalue weighted by atomic mass is 19.1. The minimum absolute atomic E-state index is 0.267. The molecule has 0 aromatic heterocycles. The Bertz CT molecular complexity index is 544. The number of halogens is 1. The van der Waals surface area contributed by atoms with Gasteiger partial charge in [-0.2, -0.15) is 9.65 Å². The molecule has 1 aliphatic rings. The van der Waals surface area contributed by atoms with Crippen molar-refractivity contribution in [2.75, 3.05) is 0 Å². The molecule has 1 aromatic carbocycles. The fraction of sp³-hybridized carbons (Fsp3) is 0.591. The first-order valence-electron chi connectivity index (χ1n) is 9.56. The van der Waals surface area contributed by atoms with Crippen molar-refractivity contribution >= 4 is 0 Å². The SMILES string of the molecule is CCCCCc1ccc(CC[C@H]2CC[C@H](/C=C(/F)C#N)CC2)cc1. The molecule has 24 heavy (non-hydrogen) atoms. The van der Waals surface area contributed by atoms with Crippen molar-refractivity contribution in [2.45, 2.75) is 71.1 Å². The Kier molecular flexibility index (Phi) is 8.02. The Morgan fingerprint density at radius 3 is 2.29 bits per heavy atom. The van der Waals surface area contributed by atoms with Crippen molar-refractivity contribution in [3.8, 4) is 6.07 Å². The molecule has 0 atom stereocenters. The van der Waals surface area contributed by atoms with E-state index in [4.69, 9.17) is 5.26 Å². The van der Waals surface area contributed by atoms with E-state index in [9.17, 15) is 4.39 Å². The van der Waals surface area contributed by atoms with Gasteiger partial charge in [-0.15, -0.1) is 0 Å². The third-order valence-electron chi connectivity index (χ3n) is 5.31. The summed E-state index contributed by atoms with van der Waals surface area (Å²) in [6.07, 6.45) is 13.4. The second-order valence-corrected chi connectivity index (χ2v) is 7.22. The predicted molar refractivity (Wildman–Crippen MR) is 98.2 cm³/mol. The molecule has 0 N–H and O–H groups in total. The highest BCUT2D eigenvalue weighted by Crippen LogP contribution is 2.33. The van der Waals surface area contributed by atoms with Gasteiger partial charge in [0.1, 0.15) is 6.07 Å². The van der Waals surface area contributed by atoms with Gasteiger partial charge < -0.3 is 0 Å². The standard InChI is InChI=1S/C22H30FN/c1-2-3-4-5-18-6-8-19(9-7-18)10-11-20-12-14-21(15-13-20)16-22(23)17-24/h6-9,16,20-21H,2-5,10-15H2,1H3/b22-16+/t20-,21-. The first kappa shape index (κ1) is 18.7. The largest absolute Gasteiger partial charge is 0.196 e. The number of unbranched alkanes of at least 4 members (excludes halogenated alkanes) is 2. The van der Waals surface area contributed by atoms with E-state index in [2.05, 4.69) is 31.2 Å². The van der Waals surface area contributed by atoms with Crippen LogP contribution < -0.4 is 0 Å². The van der Waals surface area contributed by atoms with Gasteiger partial charge in [-0.25, -0.2) is 0 Å². The van der Waals surface area contributed by atoms with Gasteiger partial charge in [-0.1, -0.05) is 44.0 Å². The van der Waals surface area contributed by atoms with Crippen LogP contribution in [0.1, 0.15) is 69.4 Å². The molecule has 0 heterocycles. The van der Waals surface area contributed by atoms with Gasteiger partial charge in [0.15, 0.2) is 5.83 Å². The summed E-state index contributed by atoms with van der Waals surface area (Å²) in [5.74, 6) is 0.407. The van der Waals surface area contributed by atoms with Crippen LogP contribution in [0.2, 0.25) is 0 Å². The van der Waals surface area contributed by atoms with Crippen molar-refractivity contribution < 1.29 is 4.39 Å². The smallest absolute Gasteiger partial charge is 0.195 e. The Morgan fingerprint density at radius 1 is 1.08 bits per heavy atom. The van der Waals surface area contributed by atoms with Crippen molar-refractivity contribution in [2.24, 2.45) is 11.8 Å². The average Bonchev–Trinajstić information content (AvgIpc) is 2.62. The Balaban J connectivity index is 1.70. The van der Waals surface area contributed by atoms with Crippen molar-refractivity contribution in [1.82, 2.24) is 0 Å². The monoisotopic (exact) mass is 327 g/mol. The van der Waals surface area contributed by atoms with Crippen LogP contribution in [0, 0.1) is 23.2 Å². The van der Waals surface area contributed by atoms with E-state index in [0.29, 0.717) is 0 Å². The normalized spacial score (nSPS) is 21.5. The lowest BCUT2D eigenvalue weighted by molar-refractivity contribution is 0.294. The Labute approximate surface area is 146 Å². The number of aryl methyl sites for hydroxylation is 2. The molecule has 1 fully saturated rings. The predicted octanol–water partition coefficient (Wildman–Crippen LogP) is 6.54. The topological polar surface area (TPSA) is 23.8 Å². The molecular weight excluding hydrogens is 297 g/mol. The molecule has 2 heteroatoms. The molecule has 1 aliphatic carbocycles. The Morgan fingerprint density at radius 2 is 1.71 bits per heavy atom. The molecular formula is C22H30FN. The maximum atomic E-state index is 13.0. The van der Waals surface area contributed by atoms with Crippen LogP contribution in [-0.4, -0.2) is 0 Å². The highest BCUT2D eigenvalue weighted by Gasteiger charge is 2.20. The number of hydrogen-bond donors (Lipinski definition) is 0. The van der Waals surface area contributed by atoms with Crippen LogP contribution >= 0.6 is 0 Å². The van der Waals surface area contributed by atoms with E-state index in [0.717, 1.165) is 38.0 Å². The minimum atomic E-state index is -0.613. The third-order valence-corrected chi connectivity index (χ3v) is 5.31. The number of hydrogen-bond acceptors (Lipinski definition) is 1. The zero-order valence-electron chi connectivity index (χ0n) is 14.9. The number of allylic oxidation sites excluding steroid dienone is 2. The second-order valence-electron chi connectivity index (χ2n) is 7.22. The van der Waals surface area contributed by atoms with Crippen molar-refractivity contribution in [1.29, 1.82) is 5.26 Å². The summed E-state index contributed by atoms with van der Waals surface area (Å²) in [6.45, 7) is 2.24. The highest BCUT2D eigenvalue weighted by molar-refractivity contribution is 5.22. The molecule has 0 aliphatic heterocycles. The van der Waals surface area contributed by atoms with Gasteiger partial charge >= 0.3 is 0 Å². The minimum Gasteiger partial charge on any atom is -0.195 e. The summed E-state index contributed by atoms with van der Waals surface area (Å²) in [5.41, 5.74) is 2.89. The number of nitriles is 1. The molecule has 0 unspecified atom stereocenters. The van der Waals surface area contributed by atoms with Crippen molar-refractivity contribution in [3.63, 3.8) is 0 Å². The van der Waals surface area contributed by atoms with Crippen LogP contribution in [-0.2, 0) is 12.8 Å². The van der Waals surface area contributed by atoms with Gasteiger partial charge in [0, 0.05) is 0 Å². The van der Waals surface area contributed by atoms with Gasteiger partial charge in [0.2, 0.25) is 0 Å². The molecule has 0 saturated heterocycles. The molecule has 1 saturated carbocycles. The number of benzene rings is 1. The van der Waals surface area contributed by atoms with Crippen LogP contribution in [0.3, 0.4) is 0 Å². The second kappa shape index (κ2) is 10.3. The molecule has 0 bridgehead atoms. The fourth-order valence-corrected chi connectivity index (χ4v) is 3.71. The lowest BCUT2D eigenvalue weighted by Crippen LogP contribution is -2.14. The summed E-state index contributed by atoms with van der Waals surface area (Å²) < 4.78 is 13.0. The van der Waals surface area contributed by atoms with E-state index >= 15 is 0 Å². The quantitative estimate of drug-likeness (QED) is 0.393. The van der Waals surface area contributed by atoms with E-state index in [-0.39, 0.29) is 5.92 Å². The van der Waals surface area contributed by atoms with E-state index < -0.39 is 5.83 Å². The summed E-state index contributed by atoms with van der Waals surface area (Å²) in [7, 11) is 0.